The van der Waals surface area contributed by atoms with Gasteiger partial charge in [-0.3, -0.25) is 9.59 Å². The molecule has 0 radical (unpaired) electrons. The highest BCUT2D eigenvalue weighted by Crippen LogP contribution is 2.61. The molecule has 0 unspecified atom stereocenters. The number of aromatic amines is 1. The van der Waals surface area contributed by atoms with Gasteiger partial charge in [-0.15, -0.1) is 0 Å². The number of carbonyl (C=O) groups excluding carboxylic acids is 1. The average Bonchev–Trinajstić information content (AvgIpc) is 2.63. The second kappa shape index (κ2) is 6.18. The van der Waals surface area contributed by atoms with E-state index in [1.165, 1.54) is 38.5 Å². The molecule has 5 nitrogen and oxygen atoms in total. The Morgan fingerprint density at radius 2 is 1.74 bits per heavy atom. The van der Waals surface area contributed by atoms with Crippen molar-refractivity contribution >= 4 is 16.7 Å². The third-order valence-corrected chi connectivity index (χ3v) is 7.48. The summed E-state index contributed by atoms with van der Waals surface area (Å²) in [5.41, 5.74) is 0.724. The van der Waals surface area contributed by atoms with Crippen molar-refractivity contribution in [2.45, 2.75) is 57.9 Å². The standard InChI is InChI=1S/C22H27N3O2/c1-13(22-10-14-6-15(11-22)8-16(7-14)12-22)23-20(26)9-19-17-4-2-3-5-18(17)21(27)25-24-19/h2-5,13-16H,6-12H2,1H3,(H,23,26)(H,25,27)/t13-,14?,15?,16?,22?/m1/s1. The molecule has 0 saturated heterocycles. The summed E-state index contributed by atoms with van der Waals surface area (Å²) in [5.74, 6) is 2.63. The molecule has 27 heavy (non-hydrogen) atoms. The molecule has 0 aliphatic heterocycles. The maximum atomic E-state index is 12.8. The van der Waals surface area contributed by atoms with E-state index in [9.17, 15) is 9.59 Å². The number of aromatic nitrogens is 2. The Bertz CT molecular complexity index is 913. The zero-order valence-electron chi connectivity index (χ0n) is 15.8. The van der Waals surface area contributed by atoms with Gasteiger partial charge < -0.3 is 5.32 Å². The van der Waals surface area contributed by atoms with Crippen molar-refractivity contribution < 1.29 is 4.79 Å². The number of rotatable bonds is 4. The number of nitrogens with one attached hydrogen (secondary N) is 2. The SMILES string of the molecule is C[C@@H](NC(=O)Cc1n[nH]c(=O)c2ccccc12)C12CC3CC(CC(C3)C1)C2. The van der Waals surface area contributed by atoms with Crippen LogP contribution in [0.4, 0.5) is 0 Å². The topological polar surface area (TPSA) is 74.8 Å². The summed E-state index contributed by atoms with van der Waals surface area (Å²) < 4.78 is 0. The van der Waals surface area contributed by atoms with Crippen molar-refractivity contribution in [2.24, 2.45) is 23.2 Å². The van der Waals surface area contributed by atoms with E-state index in [1.54, 1.807) is 6.07 Å². The van der Waals surface area contributed by atoms with E-state index in [1.807, 2.05) is 18.2 Å². The predicted octanol–water partition coefficient (Wildman–Crippen LogP) is 3.19. The summed E-state index contributed by atoms with van der Waals surface area (Å²) in [6.45, 7) is 2.20. The van der Waals surface area contributed by atoms with Crippen LogP contribution in [-0.4, -0.2) is 22.1 Å². The summed E-state index contributed by atoms with van der Waals surface area (Å²) in [5, 5.41) is 11.3. The molecule has 1 heterocycles. The molecule has 4 aliphatic carbocycles. The summed E-state index contributed by atoms with van der Waals surface area (Å²) in [7, 11) is 0. The van der Waals surface area contributed by atoms with Crippen molar-refractivity contribution in [3.63, 3.8) is 0 Å². The van der Waals surface area contributed by atoms with Crippen LogP contribution in [0.5, 0.6) is 0 Å². The molecule has 6 rings (SSSR count). The average molecular weight is 365 g/mol. The molecular formula is C22H27N3O2. The predicted molar refractivity (Wildman–Crippen MR) is 104 cm³/mol. The van der Waals surface area contributed by atoms with Gasteiger partial charge in [0.1, 0.15) is 0 Å². The highest BCUT2D eigenvalue weighted by atomic mass is 16.1. The lowest BCUT2D eigenvalue weighted by atomic mass is 9.48. The Hall–Kier alpha value is -2.17. The van der Waals surface area contributed by atoms with Crippen molar-refractivity contribution in [1.29, 1.82) is 0 Å². The maximum Gasteiger partial charge on any atom is 0.272 e. The second-order valence-electron chi connectivity index (χ2n) is 9.29. The minimum atomic E-state index is -0.211. The highest BCUT2D eigenvalue weighted by Gasteiger charge is 2.53. The molecule has 2 N–H and O–H groups in total. The summed E-state index contributed by atoms with van der Waals surface area (Å²) >= 11 is 0. The van der Waals surface area contributed by atoms with Gasteiger partial charge in [-0.25, -0.2) is 5.10 Å². The Morgan fingerprint density at radius 3 is 2.37 bits per heavy atom. The van der Waals surface area contributed by atoms with Gasteiger partial charge in [0.25, 0.3) is 5.56 Å². The maximum absolute atomic E-state index is 12.8. The third-order valence-electron chi connectivity index (χ3n) is 7.48. The molecule has 1 aromatic heterocycles. The lowest BCUT2D eigenvalue weighted by Gasteiger charge is -2.59. The van der Waals surface area contributed by atoms with E-state index in [2.05, 4.69) is 22.4 Å². The van der Waals surface area contributed by atoms with Crippen LogP contribution in [0.2, 0.25) is 0 Å². The van der Waals surface area contributed by atoms with Crippen LogP contribution in [0, 0.1) is 23.2 Å². The monoisotopic (exact) mass is 365 g/mol. The zero-order valence-corrected chi connectivity index (χ0v) is 15.8. The quantitative estimate of drug-likeness (QED) is 0.874. The number of amides is 1. The molecule has 0 spiro atoms. The lowest BCUT2D eigenvalue weighted by molar-refractivity contribution is -0.125. The van der Waals surface area contributed by atoms with Crippen LogP contribution in [0.1, 0.15) is 51.1 Å². The van der Waals surface area contributed by atoms with Gasteiger partial charge in [0.15, 0.2) is 0 Å². The van der Waals surface area contributed by atoms with Crippen LogP contribution < -0.4 is 10.9 Å². The molecule has 142 valence electrons. The van der Waals surface area contributed by atoms with E-state index in [4.69, 9.17) is 0 Å². The van der Waals surface area contributed by atoms with Crippen LogP contribution in [0.15, 0.2) is 29.1 Å². The smallest absolute Gasteiger partial charge is 0.272 e. The summed E-state index contributed by atoms with van der Waals surface area (Å²) in [6, 6.07) is 7.55. The lowest BCUT2D eigenvalue weighted by Crippen LogP contribution is -2.56. The first-order valence-corrected chi connectivity index (χ1v) is 10.3. The van der Waals surface area contributed by atoms with Crippen molar-refractivity contribution in [3.05, 3.63) is 40.3 Å². The minimum absolute atomic E-state index is 0.00273. The van der Waals surface area contributed by atoms with E-state index in [-0.39, 0.29) is 23.9 Å². The van der Waals surface area contributed by atoms with Gasteiger partial charge in [0.05, 0.1) is 17.5 Å². The fraction of sp³-hybridized carbons (Fsp3) is 0.591. The van der Waals surface area contributed by atoms with Gasteiger partial charge in [0.2, 0.25) is 5.91 Å². The van der Waals surface area contributed by atoms with Crippen molar-refractivity contribution in [2.75, 3.05) is 0 Å². The minimum Gasteiger partial charge on any atom is -0.353 e. The van der Waals surface area contributed by atoms with Gasteiger partial charge in [-0.2, -0.15) is 5.10 Å². The number of fused-ring (bicyclic) bond motifs is 1. The molecule has 1 amide bonds. The van der Waals surface area contributed by atoms with Crippen LogP contribution in [-0.2, 0) is 11.2 Å². The first kappa shape index (κ1) is 17.0. The van der Waals surface area contributed by atoms with Crippen LogP contribution in [0.3, 0.4) is 0 Å². The fourth-order valence-corrected chi connectivity index (χ4v) is 6.61. The largest absolute Gasteiger partial charge is 0.353 e. The summed E-state index contributed by atoms with van der Waals surface area (Å²) in [4.78, 5) is 24.7. The Balaban J connectivity index is 1.33. The second-order valence-corrected chi connectivity index (χ2v) is 9.29. The number of hydrogen-bond donors (Lipinski definition) is 2. The van der Waals surface area contributed by atoms with Crippen molar-refractivity contribution in [3.8, 4) is 0 Å². The number of nitrogens with zero attached hydrogens (tertiary/aromatic N) is 1. The molecule has 4 fully saturated rings. The molecular weight excluding hydrogens is 338 g/mol. The van der Waals surface area contributed by atoms with Gasteiger partial charge in [-0.05, 0) is 74.7 Å². The van der Waals surface area contributed by atoms with E-state index in [0.717, 1.165) is 23.1 Å². The van der Waals surface area contributed by atoms with Gasteiger partial charge in [-0.1, -0.05) is 18.2 Å². The number of carbonyl (C=O) groups is 1. The molecule has 4 bridgehead atoms. The van der Waals surface area contributed by atoms with E-state index < -0.39 is 0 Å². The molecule has 1 atom stereocenters. The molecule has 4 aliphatic rings. The number of H-pyrrole nitrogens is 1. The summed E-state index contributed by atoms with van der Waals surface area (Å²) in [6.07, 6.45) is 8.27. The third kappa shape index (κ3) is 2.88. The molecule has 2 aromatic rings. The zero-order chi connectivity index (χ0) is 18.6. The van der Waals surface area contributed by atoms with Gasteiger partial charge >= 0.3 is 0 Å². The first-order chi connectivity index (χ1) is 13.0. The number of hydrogen-bond acceptors (Lipinski definition) is 3. The van der Waals surface area contributed by atoms with Crippen molar-refractivity contribution in [1.82, 2.24) is 15.5 Å². The first-order valence-electron chi connectivity index (χ1n) is 10.3. The fourth-order valence-electron chi connectivity index (χ4n) is 6.61. The van der Waals surface area contributed by atoms with E-state index in [0.29, 0.717) is 16.5 Å². The Kier molecular flexibility index (Phi) is 3.88. The normalized spacial score (nSPS) is 32.6. The molecule has 1 aromatic carbocycles. The Morgan fingerprint density at radius 1 is 1.15 bits per heavy atom. The van der Waals surface area contributed by atoms with Gasteiger partial charge in [0, 0.05) is 11.4 Å². The van der Waals surface area contributed by atoms with E-state index >= 15 is 0 Å². The van der Waals surface area contributed by atoms with Crippen LogP contribution >= 0.6 is 0 Å². The molecule has 5 heteroatoms. The number of benzene rings is 1. The highest BCUT2D eigenvalue weighted by molar-refractivity contribution is 5.88. The Labute approximate surface area is 158 Å². The van der Waals surface area contributed by atoms with Crippen LogP contribution in [0.25, 0.3) is 10.8 Å². The molecule has 4 saturated carbocycles.